The van der Waals surface area contributed by atoms with E-state index in [4.69, 9.17) is 16.0 Å². The third-order valence-corrected chi connectivity index (χ3v) is 5.01. The molecule has 2 aromatic heterocycles. The Balaban J connectivity index is 1.72. The van der Waals surface area contributed by atoms with Gasteiger partial charge in [0.15, 0.2) is 0 Å². The molecule has 0 spiro atoms. The van der Waals surface area contributed by atoms with Gasteiger partial charge in [-0.25, -0.2) is 0 Å². The lowest BCUT2D eigenvalue weighted by atomic mass is 10.2. The molecule has 0 atom stereocenters. The second-order valence-electron chi connectivity index (χ2n) is 4.19. The Hall–Kier alpha value is -1.30. The van der Waals surface area contributed by atoms with E-state index in [0.29, 0.717) is 16.9 Å². The van der Waals surface area contributed by atoms with Gasteiger partial charge in [-0.15, -0.1) is 21.5 Å². The predicted molar refractivity (Wildman–Crippen MR) is 83.4 cm³/mol. The molecule has 2 heterocycles. The highest BCUT2D eigenvalue weighted by Gasteiger charge is 2.12. The average molecular weight is 323 g/mol. The van der Waals surface area contributed by atoms with E-state index in [9.17, 15) is 0 Å². The van der Waals surface area contributed by atoms with E-state index in [-0.39, 0.29) is 0 Å². The van der Waals surface area contributed by atoms with Gasteiger partial charge in [0.25, 0.3) is 11.1 Å². The van der Waals surface area contributed by atoms with Gasteiger partial charge in [-0.1, -0.05) is 41.6 Å². The van der Waals surface area contributed by atoms with E-state index in [0.717, 1.165) is 21.0 Å². The van der Waals surface area contributed by atoms with Crippen molar-refractivity contribution >= 4 is 34.7 Å². The molecule has 3 rings (SSSR count). The Morgan fingerprint density at radius 2 is 2.10 bits per heavy atom. The van der Waals surface area contributed by atoms with Crippen LogP contribution >= 0.6 is 34.7 Å². The maximum atomic E-state index is 6.12. The van der Waals surface area contributed by atoms with E-state index in [1.165, 1.54) is 11.8 Å². The number of thioether (sulfide) groups is 1. The summed E-state index contributed by atoms with van der Waals surface area (Å²) in [5.41, 5.74) is 2.22. The molecule has 0 saturated carbocycles. The lowest BCUT2D eigenvalue weighted by Crippen LogP contribution is -1.81. The molecule has 3 aromatic rings. The fourth-order valence-corrected chi connectivity index (χ4v) is 3.60. The molecular weight excluding hydrogens is 312 g/mol. The number of hydrogen-bond donors (Lipinski definition) is 0. The number of halogens is 1. The summed E-state index contributed by atoms with van der Waals surface area (Å²) < 4.78 is 5.68. The highest BCUT2D eigenvalue weighted by atomic mass is 35.5. The highest BCUT2D eigenvalue weighted by Crippen LogP contribution is 2.31. The summed E-state index contributed by atoms with van der Waals surface area (Å²) in [6.45, 7) is 2.03. The lowest BCUT2D eigenvalue weighted by molar-refractivity contribution is 0.466. The van der Waals surface area contributed by atoms with Crippen LogP contribution in [0.4, 0.5) is 0 Å². The minimum Gasteiger partial charge on any atom is -0.410 e. The Labute approximate surface area is 130 Å². The molecule has 0 saturated heterocycles. The smallest absolute Gasteiger partial charge is 0.277 e. The maximum absolute atomic E-state index is 6.12. The molecule has 0 amide bonds. The van der Waals surface area contributed by atoms with E-state index >= 15 is 0 Å². The largest absolute Gasteiger partial charge is 0.410 e. The van der Waals surface area contributed by atoms with Crippen LogP contribution in [0.5, 0.6) is 0 Å². The van der Waals surface area contributed by atoms with Crippen molar-refractivity contribution in [3.05, 3.63) is 51.9 Å². The first-order valence-corrected chi connectivity index (χ1v) is 8.22. The Bertz CT molecular complexity index is 723. The van der Waals surface area contributed by atoms with Gasteiger partial charge in [0, 0.05) is 10.8 Å². The molecule has 0 aliphatic carbocycles. The third kappa shape index (κ3) is 2.90. The summed E-state index contributed by atoms with van der Waals surface area (Å²) in [4.78, 5) is 1.03. The van der Waals surface area contributed by atoms with Crippen LogP contribution in [0, 0.1) is 6.92 Å². The number of aromatic nitrogens is 2. The van der Waals surface area contributed by atoms with Gasteiger partial charge in [0.2, 0.25) is 0 Å². The number of rotatable bonds is 4. The molecule has 102 valence electrons. The summed E-state index contributed by atoms with van der Waals surface area (Å²) in [5.74, 6) is 1.30. The molecule has 6 heteroatoms. The van der Waals surface area contributed by atoms with Crippen molar-refractivity contribution in [2.45, 2.75) is 17.9 Å². The third-order valence-electron chi connectivity index (χ3n) is 2.77. The molecule has 1 aromatic carbocycles. The maximum Gasteiger partial charge on any atom is 0.277 e. The molecule has 3 nitrogen and oxygen atoms in total. The normalized spacial score (nSPS) is 10.9. The topological polar surface area (TPSA) is 38.9 Å². The number of thiophene rings is 1. The predicted octanol–water partition coefficient (Wildman–Crippen LogP) is 5.05. The summed E-state index contributed by atoms with van der Waals surface area (Å²) in [6.07, 6.45) is 0. The van der Waals surface area contributed by atoms with Gasteiger partial charge in [0.1, 0.15) is 0 Å². The molecule has 0 aliphatic rings. The van der Waals surface area contributed by atoms with Crippen molar-refractivity contribution in [3.8, 4) is 10.8 Å². The molecule has 0 fully saturated rings. The van der Waals surface area contributed by atoms with Crippen molar-refractivity contribution in [2.24, 2.45) is 0 Å². The van der Waals surface area contributed by atoms with Crippen LogP contribution in [-0.2, 0) is 5.75 Å². The molecular formula is C14H11ClN2OS2. The molecule has 0 aliphatic heterocycles. The zero-order chi connectivity index (χ0) is 13.9. The number of nitrogens with zero attached hydrogens (tertiary/aromatic N) is 2. The fraction of sp³-hybridized carbons (Fsp3) is 0.143. The van der Waals surface area contributed by atoms with Crippen molar-refractivity contribution in [1.29, 1.82) is 0 Å². The number of hydrogen-bond acceptors (Lipinski definition) is 5. The fourth-order valence-electron chi connectivity index (χ4n) is 1.71. The Kier molecular flexibility index (Phi) is 4.10. The zero-order valence-corrected chi connectivity index (χ0v) is 13.1. The second-order valence-corrected chi connectivity index (χ2v) is 6.44. The SMILES string of the molecule is Cc1ccsc1-c1nnc(SCc2ccccc2Cl)o1. The van der Waals surface area contributed by atoms with Crippen LogP contribution in [0.25, 0.3) is 10.8 Å². The van der Waals surface area contributed by atoms with Crippen LogP contribution in [0.2, 0.25) is 5.02 Å². The summed E-state index contributed by atoms with van der Waals surface area (Å²) >= 11 is 9.22. The van der Waals surface area contributed by atoms with Crippen molar-refractivity contribution in [3.63, 3.8) is 0 Å². The molecule has 0 radical (unpaired) electrons. The minimum atomic E-state index is 0.563. The van der Waals surface area contributed by atoms with Gasteiger partial charge < -0.3 is 4.42 Å². The van der Waals surface area contributed by atoms with E-state index in [1.54, 1.807) is 11.3 Å². The van der Waals surface area contributed by atoms with Gasteiger partial charge >= 0.3 is 0 Å². The minimum absolute atomic E-state index is 0.563. The first-order valence-electron chi connectivity index (χ1n) is 5.98. The van der Waals surface area contributed by atoms with Crippen molar-refractivity contribution in [2.75, 3.05) is 0 Å². The summed E-state index contributed by atoms with van der Waals surface area (Å²) in [5, 5.41) is 11.5. The summed E-state index contributed by atoms with van der Waals surface area (Å²) in [6, 6.07) is 9.80. The van der Waals surface area contributed by atoms with Crippen molar-refractivity contribution in [1.82, 2.24) is 10.2 Å². The average Bonchev–Trinajstić information content (AvgIpc) is 3.06. The monoisotopic (exact) mass is 322 g/mol. The Morgan fingerprint density at radius 1 is 1.25 bits per heavy atom. The molecule has 0 N–H and O–H groups in total. The van der Waals surface area contributed by atoms with Crippen LogP contribution in [0.1, 0.15) is 11.1 Å². The van der Waals surface area contributed by atoms with Crippen LogP contribution in [0.3, 0.4) is 0 Å². The number of benzene rings is 1. The van der Waals surface area contributed by atoms with Gasteiger partial charge in [-0.3, -0.25) is 0 Å². The van der Waals surface area contributed by atoms with E-state index in [1.807, 2.05) is 42.6 Å². The van der Waals surface area contributed by atoms with Gasteiger partial charge in [-0.05, 0) is 35.6 Å². The number of aryl methyl sites for hydroxylation is 1. The van der Waals surface area contributed by atoms with Gasteiger partial charge in [-0.2, -0.15) is 0 Å². The Morgan fingerprint density at radius 3 is 2.85 bits per heavy atom. The van der Waals surface area contributed by atoms with E-state index in [2.05, 4.69) is 10.2 Å². The standard InChI is InChI=1S/C14H11ClN2OS2/c1-9-6-7-19-12(9)13-16-17-14(18-13)20-8-10-4-2-3-5-11(10)15/h2-7H,8H2,1H3. The van der Waals surface area contributed by atoms with Crippen LogP contribution in [0.15, 0.2) is 45.4 Å². The lowest BCUT2D eigenvalue weighted by Gasteiger charge is -2.00. The van der Waals surface area contributed by atoms with Crippen LogP contribution < -0.4 is 0 Å². The molecule has 0 bridgehead atoms. The summed E-state index contributed by atoms with van der Waals surface area (Å²) in [7, 11) is 0. The molecule has 0 unspecified atom stereocenters. The first-order chi connectivity index (χ1) is 9.74. The molecule has 20 heavy (non-hydrogen) atoms. The van der Waals surface area contributed by atoms with Crippen LogP contribution in [-0.4, -0.2) is 10.2 Å². The second kappa shape index (κ2) is 5.99. The first kappa shape index (κ1) is 13.7. The highest BCUT2D eigenvalue weighted by molar-refractivity contribution is 7.98. The van der Waals surface area contributed by atoms with Gasteiger partial charge in [0.05, 0.1) is 4.88 Å². The van der Waals surface area contributed by atoms with E-state index < -0.39 is 0 Å². The quantitative estimate of drug-likeness (QED) is 0.630. The van der Waals surface area contributed by atoms with Crippen molar-refractivity contribution < 1.29 is 4.42 Å². The zero-order valence-electron chi connectivity index (χ0n) is 10.7.